The van der Waals surface area contributed by atoms with Crippen LogP contribution in [0, 0.1) is 0 Å². The minimum absolute atomic E-state index is 0.0593. The number of carbonyl (C=O) groups is 2. The molecule has 0 saturated carbocycles. The van der Waals surface area contributed by atoms with Crippen LogP contribution in [-0.4, -0.2) is 81.2 Å². The van der Waals surface area contributed by atoms with Crippen molar-refractivity contribution >= 4 is 19.8 Å². The van der Waals surface area contributed by atoms with Gasteiger partial charge in [-0.05, 0) is 70.6 Å². The molecule has 0 bridgehead atoms. The Kier molecular flexibility index (Phi) is 38.2. The van der Waals surface area contributed by atoms with Gasteiger partial charge >= 0.3 is 11.9 Å². The quantitative estimate of drug-likeness (QED) is 0.0159. The van der Waals surface area contributed by atoms with Crippen LogP contribution in [0.1, 0.15) is 174 Å². The number of quaternary nitrogens is 1. The fourth-order valence-corrected chi connectivity index (χ4v) is 6.63. The largest absolute Gasteiger partial charge is 0.756 e. The molecule has 0 amide bonds. The second-order valence-corrected chi connectivity index (χ2v) is 18.0. The highest BCUT2D eigenvalue weighted by atomic mass is 31.2. The molecule has 10 nitrogen and oxygen atoms in total. The van der Waals surface area contributed by atoms with E-state index < -0.39 is 38.6 Å². The number of phosphoric ester groups is 1. The van der Waals surface area contributed by atoms with Gasteiger partial charge in [0.1, 0.15) is 19.8 Å². The molecule has 0 aliphatic heterocycles. The lowest BCUT2D eigenvalue weighted by Gasteiger charge is -2.28. The number of likely N-dealkylation sites (N-methyl/N-ethyl adjacent to an activating group) is 1. The molecule has 0 aromatic rings. The predicted molar refractivity (Wildman–Crippen MR) is 242 cm³/mol. The number of ether oxygens (including phenoxy) is 2. The number of aliphatic hydroxyl groups excluding tert-OH is 1. The topological polar surface area (TPSA) is 131 Å². The van der Waals surface area contributed by atoms with Crippen LogP contribution in [0.25, 0.3) is 0 Å². The van der Waals surface area contributed by atoms with Gasteiger partial charge in [0, 0.05) is 12.8 Å². The molecule has 0 fully saturated rings. The van der Waals surface area contributed by atoms with Crippen LogP contribution in [0.4, 0.5) is 0 Å². The van der Waals surface area contributed by atoms with Gasteiger partial charge in [-0.15, -0.1) is 0 Å². The minimum Gasteiger partial charge on any atom is -0.756 e. The van der Waals surface area contributed by atoms with Crippen molar-refractivity contribution in [3.8, 4) is 0 Å². The lowest BCUT2D eigenvalue weighted by Crippen LogP contribution is -2.37. The predicted octanol–water partition coefficient (Wildman–Crippen LogP) is 11.6. The summed E-state index contributed by atoms with van der Waals surface area (Å²) in [5.41, 5.74) is 0. The summed E-state index contributed by atoms with van der Waals surface area (Å²) in [6, 6.07) is 0. The molecule has 0 aliphatic carbocycles. The third-order valence-electron chi connectivity index (χ3n) is 9.59. The average molecular weight is 852 g/mol. The molecule has 3 atom stereocenters. The van der Waals surface area contributed by atoms with Crippen molar-refractivity contribution in [2.75, 3.05) is 47.5 Å². The number of allylic oxidation sites excluding steroid dienone is 8. The molecule has 2 unspecified atom stereocenters. The smallest absolute Gasteiger partial charge is 0.306 e. The normalized spacial score (nSPS) is 14.6. The molecule has 59 heavy (non-hydrogen) atoms. The molecular weight excluding hydrogens is 766 g/mol. The zero-order valence-electron chi connectivity index (χ0n) is 38.0. The van der Waals surface area contributed by atoms with Gasteiger partial charge in [0.15, 0.2) is 6.10 Å². The van der Waals surface area contributed by atoms with Gasteiger partial charge in [-0.1, -0.05) is 152 Å². The van der Waals surface area contributed by atoms with Gasteiger partial charge in [-0.2, -0.15) is 0 Å². The van der Waals surface area contributed by atoms with Crippen molar-refractivity contribution in [3.05, 3.63) is 60.8 Å². The third kappa shape index (κ3) is 43.6. The van der Waals surface area contributed by atoms with E-state index in [0.717, 1.165) is 38.5 Å². The van der Waals surface area contributed by atoms with E-state index >= 15 is 0 Å². The number of phosphoric acid groups is 1. The highest BCUT2D eigenvalue weighted by Crippen LogP contribution is 2.38. The van der Waals surface area contributed by atoms with Crippen LogP contribution in [0.3, 0.4) is 0 Å². The second-order valence-electron chi connectivity index (χ2n) is 16.6. The van der Waals surface area contributed by atoms with Crippen molar-refractivity contribution in [3.63, 3.8) is 0 Å². The number of unbranched alkanes of at least 4 members (excludes halogenated alkanes) is 17. The fourth-order valence-electron chi connectivity index (χ4n) is 5.90. The van der Waals surface area contributed by atoms with Gasteiger partial charge in [0.2, 0.25) is 0 Å². The van der Waals surface area contributed by atoms with E-state index in [-0.39, 0.29) is 26.1 Å². The Labute approximate surface area is 360 Å². The first-order valence-electron chi connectivity index (χ1n) is 23.1. The van der Waals surface area contributed by atoms with Crippen molar-refractivity contribution in [2.24, 2.45) is 0 Å². The average Bonchev–Trinajstić information content (AvgIpc) is 3.18. The van der Waals surface area contributed by atoms with Crippen LogP contribution in [0.5, 0.6) is 0 Å². The number of carbonyl (C=O) groups excluding carboxylic acids is 2. The van der Waals surface area contributed by atoms with E-state index in [0.29, 0.717) is 36.7 Å². The number of hydrogen-bond donors (Lipinski definition) is 1. The summed E-state index contributed by atoms with van der Waals surface area (Å²) in [5, 5.41) is 10.2. The minimum atomic E-state index is -4.67. The highest BCUT2D eigenvalue weighted by molar-refractivity contribution is 7.45. The van der Waals surface area contributed by atoms with E-state index in [1.807, 2.05) is 39.4 Å². The first-order valence-corrected chi connectivity index (χ1v) is 24.6. The number of esters is 2. The molecular formula is C48H86NO9P. The van der Waals surface area contributed by atoms with E-state index in [9.17, 15) is 24.2 Å². The zero-order valence-corrected chi connectivity index (χ0v) is 38.9. The Morgan fingerprint density at radius 2 is 1.15 bits per heavy atom. The Morgan fingerprint density at radius 3 is 1.80 bits per heavy atom. The standard InChI is InChI=1S/C48H86NO9P/c1-6-8-10-12-14-16-17-18-19-20-21-22-23-25-27-31-35-39-47(51)55-43-46(44-57-59(53,54)56-42-41-49(3,4)5)58-48(52)40-36-32-28-30-34-38-45(50)37-33-29-26-24-15-13-11-9-7-2/h15,18-19,24,28-30,33-34,38,45-46,50H,6-14,16-17,20-23,25-27,31-32,35-37,39-44H2,1-5H3/b19-18-,24-15-,30-28+,33-29-,38-34-/t45?,46-/m1/s1. The van der Waals surface area contributed by atoms with Crippen LogP contribution >= 0.6 is 7.82 Å². The molecule has 0 radical (unpaired) electrons. The van der Waals surface area contributed by atoms with E-state index in [4.69, 9.17) is 18.5 Å². The summed E-state index contributed by atoms with van der Waals surface area (Å²) in [7, 11) is 1.07. The van der Waals surface area contributed by atoms with Crippen molar-refractivity contribution in [1.29, 1.82) is 0 Å². The van der Waals surface area contributed by atoms with Crippen molar-refractivity contribution in [2.45, 2.75) is 187 Å². The molecule has 11 heteroatoms. The summed E-state index contributed by atoms with van der Waals surface area (Å²) in [6.07, 6.45) is 44.2. The van der Waals surface area contributed by atoms with Gasteiger partial charge in [0.25, 0.3) is 7.82 Å². The van der Waals surface area contributed by atoms with Gasteiger partial charge in [-0.3, -0.25) is 14.2 Å². The Bertz CT molecular complexity index is 1210. The molecule has 0 spiro atoms. The van der Waals surface area contributed by atoms with Crippen LogP contribution in [0.2, 0.25) is 0 Å². The summed E-state index contributed by atoms with van der Waals surface area (Å²) in [4.78, 5) is 37.6. The van der Waals surface area contributed by atoms with E-state index in [1.165, 1.54) is 83.5 Å². The highest BCUT2D eigenvalue weighted by Gasteiger charge is 2.21. The summed E-state index contributed by atoms with van der Waals surface area (Å²) >= 11 is 0. The molecule has 0 rings (SSSR count). The van der Waals surface area contributed by atoms with Crippen LogP contribution < -0.4 is 4.89 Å². The first-order chi connectivity index (χ1) is 28.4. The molecule has 0 aromatic heterocycles. The van der Waals surface area contributed by atoms with Gasteiger partial charge < -0.3 is 33.0 Å². The Morgan fingerprint density at radius 1 is 0.627 bits per heavy atom. The van der Waals surface area contributed by atoms with Gasteiger partial charge in [0.05, 0.1) is 33.9 Å². The van der Waals surface area contributed by atoms with Gasteiger partial charge in [-0.25, -0.2) is 0 Å². The number of aliphatic hydroxyl groups is 1. The lowest BCUT2D eigenvalue weighted by molar-refractivity contribution is -0.870. The second kappa shape index (κ2) is 39.8. The maximum absolute atomic E-state index is 12.7. The summed E-state index contributed by atoms with van der Waals surface area (Å²) in [6.45, 7) is 4.01. The number of nitrogens with zero attached hydrogens (tertiary/aromatic N) is 1. The lowest BCUT2D eigenvalue weighted by atomic mass is 10.1. The van der Waals surface area contributed by atoms with E-state index in [2.05, 4.69) is 44.2 Å². The summed E-state index contributed by atoms with van der Waals surface area (Å²) < 4.78 is 33.8. The molecule has 1 N–H and O–H groups in total. The number of rotatable bonds is 41. The van der Waals surface area contributed by atoms with E-state index in [1.54, 1.807) is 12.2 Å². The van der Waals surface area contributed by atoms with Crippen LogP contribution in [-0.2, 0) is 32.7 Å². The Balaban J connectivity index is 4.52. The first kappa shape index (κ1) is 56.7. The zero-order chi connectivity index (χ0) is 43.7. The number of hydrogen-bond acceptors (Lipinski definition) is 9. The molecule has 342 valence electrons. The fraction of sp³-hybridized carbons (Fsp3) is 0.750. The SMILES string of the molecule is CCCCC/C=C\C/C=C\CC(O)/C=C\C=C\CCCC(=O)O[C@H](COC(=O)CCCCCCCCC/C=C\CCCCCCCC)COP(=O)([O-])OCC[N+](C)(C)C. The summed E-state index contributed by atoms with van der Waals surface area (Å²) in [5.74, 6) is -0.972. The monoisotopic (exact) mass is 852 g/mol. The van der Waals surface area contributed by atoms with Crippen molar-refractivity contribution in [1.82, 2.24) is 0 Å². The maximum Gasteiger partial charge on any atom is 0.306 e. The third-order valence-corrected chi connectivity index (χ3v) is 10.6. The molecule has 0 aromatic carbocycles. The maximum atomic E-state index is 12.7. The molecule has 0 saturated heterocycles. The van der Waals surface area contributed by atoms with Crippen LogP contribution in [0.15, 0.2) is 60.8 Å². The Hall–Kier alpha value is -2.33. The molecule has 0 heterocycles. The van der Waals surface area contributed by atoms with Crippen molar-refractivity contribution < 1.29 is 47.2 Å². The molecule has 0 aliphatic rings.